The summed E-state index contributed by atoms with van der Waals surface area (Å²) in [5.41, 5.74) is 2.02. The zero-order valence-corrected chi connectivity index (χ0v) is 17.7. The standard InChI is InChI=1S/C23H17BrClNO3/c24-17-5-3-4-16(14-17)23(29)26-18-10-8-15(9-11-18)21(27)12-13-22(28)19-6-1-2-7-20(19)25/h1-11,14H,12-13H2,(H,26,29). The average molecular weight is 471 g/mol. The van der Waals surface area contributed by atoms with Crippen molar-refractivity contribution in [2.45, 2.75) is 12.8 Å². The summed E-state index contributed by atoms with van der Waals surface area (Å²) in [4.78, 5) is 36.9. The van der Waals surface area contributed by atoms with Crippen LogP contribution in [0.4, 0.5) is 5.69 Å². The van der Waals surface area contributed by atoms with Crippen LogP contribution in [0, 0.1) is 0 Å². The summed E-state index contributed by atoms with van der Waals surface area (Å²) >= 11 is 9.36. The molecule has 0 fully saturated rings. The maximum atomic E-state index is 12.4. The molecule has 0 saturated carbocycles. The number of carbonyl (C=O) groups is 3. The normalized spacial score (nSPS) is 10.4. The minimum absolute atomic E-state index is 0.0872. The van der Waals surface area contributed by atoms with Crippen molar-refractivity contribution in [1.82, 2.24) is 0 Å². The van der Waals surface area contributed by atoms with Crippen molar-refractivity contribution in [3.8, 4) is 0 Å². The van der Waals surface area contributed by atoms with Crippen LogP contribution in [0.2, 0.25) is 5.02 Å². The average Bonchev–Trinajstić information content (AvgIpc) is 2.72. The predicted octanol–water partition coefficient (Wildman–Crippen LogP) is 6.20. The minimum Gasteiger partial charge on any atom is -0.322 e. The summed E-state index contributed by atoms with van der Waals surface area (Å²) in [7, 11) is 0. The van der Waals surface area contributed by atoms with E-state index in [4.69, 9.17) is 11.6 Å². The van der Waals surface area contributed by atoms with E-state index in [0.717, 1.165) is 4.47 Å². The smallest absolute Gasteiger partial charge is 0.255 e. The Balaban J connectivity index is 1.58. The second kappa shape index (κ2) is 9.63. The van der Waals surface area contributed by atoms with Gasteiger partial charge in [0, 0.05) is 39.7 Å². The summed E-state index contributed by atoms with van der Waals surface area (Å²) in [6, 6.07) is 20.5. The molecule has 0 aliphatic rings. The molecule has 3 aromatic carbocycles. The number of halogens is 2. The molecule has 0 unspecified atom stereocenters. The van der Waals surface area contributed by atoms with E-state index in [1.807, 2.05) is 6.07 Å². The van der Waals surface area contributed by atoms with Gasteiger partial charge in [-0.3, -0.25) is 14.4 Å². The van der Waals surface area contributed by atoms with Crippen LogP contribution in [0.1, 0.15) is 43.9 Å². The summed E-state index contributed by atoms with van der Waals surface area (Å²) in [6.45, 7) is 0. The number of rotatable bonds is 7. The molecular formula is C23H17BrClNO3. The van der Waals surface area contributed by atoms with E-state index in [2.05, 4.69) is 21.2 Å². The molecule has 0 aromatic heterocycles. The zero-order chi connectivity index (χ0) is 20.8. The van der Waals surface area contributed by atoms with Gasteiger partial charge in [0.25, 0.3) is 5.91 Å². The third kappa shape index (κ3) is 5.62. The number of hydrogen-bond acceptors (Lipinski definition) is 3. The van der Waals surface area contributed by atoms with Gasteiger partial charge in [0.1, 0.15) is 0 Å². The maximum absolute atomic E-state index is 12.4. The SMILES string of the molecule is O=C(CCC(=O)c1ccccc1Cl)c1ccc(NC(=O)c2cccc(Br)c2)cc1. The Labute approximate surface area is 182 Å². The molecule has 0 atom stereocenters. The van der Waals surface area contributed by atoms with Crippen molar-refractivity contribution in [3.63, 3.8) is 0 Å². The highest BCUT2D eigenvalue weighted by Gasteiger charge is 2.14. The number of amides is 1. The monoisotopic (exact) mass is 469 g/mol. The summed E-state index contributed by atoms with van der Waals surface area (Å²) in [5.74, 6) is -0.548. The van der Waals surface area contributed by atoms with Gasteiger partial charge in [-0.2, -0.15) is 0 Å². The molecule has 1 amide bonds. The Morgan fingerprint density at radius 3 is 2.17 bits per heavy atom. The fourth-order valence-corrected chi connectivity index (χ4v) is 3.41. The van der Waals surface area contributed by atoms with E-state index in [1.54, 1.807) is 66.7 Å². The summed E-state index contributed by atoms with van der Waals surface area (Å²) < 4.78 is 0.817. The predicted molar refractivity (Wildman–Crippen MR) is 118 cm³/mol. The van der Waals surface area contributed by atoms with Crippen LogP contribution in [0.15, 0.2) is 77.3 Å². The molecule has 0 spiro atoms. The van der Waals surface area contributed by atoms with Crippen LogP contribution in [0.25, 0.3) is 0 Å². The lowest BCUT2D eigenvalue weighted by Crippen LogP contribution is -2.12. The largest absolute Gasteiger partial charge is 0.322 e. The fraction of sp³-hybridized carbons (Fsp3) is 0.0870. The van der Waals surface area contributed by atoms with Gasteiger partial charge < -0.3 is 5.32 Å². The zero-order valence-electron chi connectivity index (χ0n) is 15.3. The van der Waals surface area contributed by atoms with Crippen LogP contribution in [0.5, 0.6) is 0 Å². The topological polar surface area (TPSA) is 63.2 Å². The number of ketones is 2. The van der Waals surface area contributed by atoms with E-state index in [-0.39, 0.29) is 30.3 Å². The molecule has 0 aliphatic heterocycles. The molecule has 3 rings (SSSR count). The van der Waals surface area contributed by atoms with Gasteiger partial charge in [-0.1, -0.05) is 45.7 Å². The van der Waals surface area contributed by atoms with Gasteiger partial charge in [0.15, 0.2) is 11.6 Å². The molecule has 0 saturated heterocycles. The molecule has 1 N–H and O–H groups in total. The van der Waals surface area contributed by atoms with Crippen molar-refractivity contribution in [3.05, 3.63) is 99.0 Å². The second-order valence-corrected chi connectivity index (χ2v) is 7.69. The Morgan fingerprint density at radius 1 is 0.793 bits per heavy atom. The Morgan fingerprint density at radius 2 is 1.48 bits per heavy atom. The first kappa shape index (κ1) is 21.0. The van der Waals surface area contributed by atoms with Gasteiger partial charge in [-0.05, 0) is 54.6 Å². The lowest BCUT2D eigenvalue weighted by Gasteiger charge is -2.07. The minimum atomic E-state index is -0.240. The van der Waals surface area contributed by atoms with Crippen molar-refractivity contribution < 1.29 is 14.4 Å². The number of benzene rings is 3. The molecule has 6 heteroatoms. The summed E-state index contributed by atoms with van der Waals surface area (Å²) in [6.07, 6.45) is 0.178. The highest BCUT2D eigenvalue weighted by Crippen LogP contribution is 2.19. The van der Waals surface area contributed by atoms with Crippen molar-refractivity contribution in [2.24, 2.45) is 0 Å². The van der Waals surface area contributed by atoms with Crippen molar-refractivity contribution in [1.29, 1.82) is 0 Å². The summed E-state index contributed by atoms with van der Waals surface area (Å²) in [5, 5.41) is 3.17. The molecule has 0 heterocycles. The fourth-order valence-electron chi connectivity index (χ4n) is 2.77. The Bertz CT molecular complexity index is 1060. The molecule has 146 valence electrons. The first-order valence-electron chi connectivity index (χ1n) is 8.92. The van der Waals surface area contributed by atoms with Crippen molar-refractivity contribution in [2.75, 3.05) is 5.32 Å². The molecule has 3 aromatic rings. The van der Waals surface area contributed by atoms with Gasteiger partial charge >= 0.3 is 0 Å². The van der Waals surface area contributed by atoms with E-state index < -0.39 is 0 Å². The molecule has 0 bridgehead atoms. The van der Waals surface area contributed by atoms with E-state index >= 15 is 0 Å². The second-order valence-electron chi connectivity index (χ2n) is 6.37. The van der Waals surface area contributed by atoms with E-state index in [1.165, 1.54) is 0 Å². The van der Waals surface area contributed by atoms with Crippen LogP contribution in [-0.4, -0.2) is 17.5 Å². The van der Waals surface area contributed by atoms with Gasteiger partial charge in [-0.15, -0.1) is 0 Å². The van der Waals surface area contributed by atoms with Crippen molar-refractivity contribution >= 4 is 50.7 Å². The lowest BCUT2D eigenvalue weighted by atomic mass is 10.0. The third-order valence-electron chi connectivity index (χ3n) is 4.30. The number of carbonyl (C=O) groups excluding carboxylic acids is 3. The van der Waals surface area contributed by atoms with Gasteiger partial charge in [-0.25, -0.2) is 0 Å². The maximum Gasteiger partial charge on any atom is 0.255 e. The van der Waals surface area contributed by atoms with E-state index in [9.17, 15) is 14.4 Å². The number of hydrogen-bond donors (Lipinski definition) is 1. The number of Topliss-reactive ketones (excluding diaryl/α,β-unsaturated/α-hetero) is 2. The Kier molecular flexibility index (Phi) is 6.96. The third-order valence-corrected chi connectivity index (χ3v) is 5.13. The highest BCUT2D eigenvalue weighted by molar-refractivity contribution is 9.10. The van der Waals surface area contributed by atoms with Crippen LogP contribution in [0.3, 0.4) is 0 Å². The molecular weight excluding hydrogens is 454 g/mol. The van der Waals surface area contributed by atoms with Crippen LogP contribution < -0.4 is 5.32 Å². The highest BCUT2D eigenvalue weighted by atomic mass is 79.9. The quantitative estimate of drug-likeness (QED) is 0.418. The lowest BCUT2D eigenvalue weighted by molar-refractivity contribution is 0.0917. The first-order valence-corrected chi connectivity index (χ1v) is 10.1. The van der Waals surface area contributed by atoms with Crippen LogP contribution >= 0.6 is 27.5 Å². The van der Waals surface area contributed by atoms with Gasteiger partial charge in [0.05, 0.1) is 5.02 Å². The molecule has 0 radical (unpaired) electrons. The molecule has 0 aliphatic carbocycles. The number of anilines is 1. The molecule has 29 heavy (non-hydrogen) atoms. The van der Waals surface area contributed by atoms with Crippen LogP contribution in [-0.2, 0) is 0 Å². The van der Waals surface area contributed by atoms with Gasteiger partial charge in [0.2, 0.25) is 0 Å². The number of nitrogens with one attached hydrogen (secondary N) is 1. The molecule has 4 nitrogen and oxygen atoms in total. The Hall–Kier alpha value is -2.76. The van der Waals surface area contributed by atoms with E-state index in [0.29, 0.717) is 27.4 Å². The first-order chi connectivity index (χ1) is 13.9.